The molecule has 6 nitrogen and oxygen atoms in total. The summed E-state index contributed by atoms with van der Waals surface area (Å²) in [6.45, 7) is 4.00. The van der Waals surface area contributed by atoms with Gasteiger partial charge in [-0.1, -0.05) is 19.4 Å². The van der Waals surface area contributed by atoms with E-state index in [4.69, 9.17) is 5.73 Å². The van der Waals surface area contributed by atoms with Crippen molar-refractivity contribution in [3.63, 3.8) is 0 Å². The second kappa shape index (κ2) is 6.84. The maximum Gasteiger partial charge on any atom is 0.273 e. The third-order valence-corrected chi connectivity index (χ3v) is 2.92. The molecule has 0 heterocycles. The van der Waals surface area contributed by atoms with Gasteiger partial charge < -0.3 is 11.1 Å². The van der Waals surface area contributed by atoms with E-state index in [0.29, 0.717) is 12.1 Å². The van der Waals surface area contributed by atoms with Crippen molar-refractivity contribution < 1.29 is 9.72 Å². The van der Waals surface area contributed by atoms with Crippen molar-refractivity contribution in [2.24, 2.45) is 5.73 Å². The van der Waals surface area contributed by atoms with Crippen LogP contribution in [0.4, 0.5) is 5.69 Å². The van der Waals surface area contributed by atoms with Crippen molar-refractivity contribution >= 4 is 11.6 Å². The number of nitro benzene ring substituents is 1. The lowest BCUT2D eigenvalue weighted by Gasteiger charge is -2.15. The van der Waals surface area contributed by atoms with Gasteiger partial charge in [-0.15, -0.1) is 0 Å². The summed E-state index contributed by atoms with van der Waals surface area (Å²) in [5, 5.41) is 13.6. The van der Waals surface area contributed by atoms with E-state index in [1.807, 2.05) is 6.92 Å². The van der Waals surface area contributed by atoms with Gasteiger partial charge in [-0.2, -0.15) is 0 Å². The summed E-state index contributed by atoms with van der Waals surface area (Å²) in [6, 6.07) is 4.35. The molecule has 6 heteroatoms. The molecule has 1 atom stereocenters. The molecule has 0 aliphatic rings. The van der Waals surface area contributed by atoms with Crippen molar-refractivity contribution in [2.45, 2.75) is 32.7 Å². The van der Waals surface area contributed by atoms with Crippen molar-refractivity contribution in [2.75, 3.05) is 6.54 Å². The van der Waals surface area contributed by atoms with Crippen LogP contribution in [0.2, 0.25) is 0 Å². The van der Waals surface area contributed by atoms with Gasteiger partial charge in [0.25, 0.3) is 11.6 Å². The minimum atomic E-state index is -0.488. The number of hydrogen-bond acceptors (Lipinski definition) is 4. The molecule has 0 aliphatic heterocycles. The Morgan fingerprint density at radius 1 is 1.53 bits per heavy atom. The smallest absolute Gasteiger partial charge is 0.273 e. The Bertz CT molecular complexity index is 474. The summed E-state index contributed by atoms with van der Waals surface area (Å²) in [4.78, 5) is 22.3. The first-order chi connectivity index (χ1) is 8.99. The molecule has 0 fully saturated rings. The van der Waals surface area contributed by atoms with Crippen LogP contribution in [0.15, 0.2) is 18.2 Å². The van der Waals surface area contributed by atoms with E-state index in [0.717, 1.165) is 12.8 Å². The zero-order chi connectivity index (χ0) is 14.4. The highest BCUT2D eigenvalue weighted by molar-refractivity contribution is 5.95. The van der Waals surface area contributed by atoms with Gasteiger partial charge in [0.1, 0.15) is 0 Å². The number of aryl methyl sites for hydroxylation is 1. The first kappa shape index (κ1) is 15.1. The van der Waals surface area contributed by atoms with Gasteiger partial charge in [-0.05, 0) is 19.4 Å². The summed E-state index contributed by atoms with van der Waals surface area (Å²) in [5.74, 6) is -0.327. The summed E-state index contributed by atoms with van der Waals surface area (Å²) in [6.07, 6.45) is 1.70. The first-order valence-electron chi connectivity index (χ1n) is 6.25. The molecule has 0 radical (unpaired) electrons. The monoisotopic (exact) mass is 265 g/mol. The Kier molecular flexibility index (Phi) is 5.44. The number of carbonyl (C=O) groups is 1. The topological polar surface area (TPSA) is 98.3 Å². The average molecular weight is 265 g/mol. The molecule has 3 N–H and O–H groups in total. The molecule has 104 valence electrons. The predicted molar refractivity (Wildman–Crippen MR) is 73.1 cm³/mol. The molecule has 1 aromatic carbocycles. The van der Waals surface area contributed by atoms with E-state index in [9.17, 15) is 14.9 Å². The largest absolute Gasteiger partial charge is 0.348 e. The summed E-state index contributed by atoms with van der Waals surface area (Å²) >= 11 is 0. The van der Waals surface area contributed by atoms with Crippen molar-refractivity contribution in [3.8, 4) is 0 Å². The van der Waals surface area contributed by atoms with Crippen LogP contribution >= 0.6 is 0 Å². The van der Waals surface area contributed by atoms with E-state index in [1.54, 1.807) is 19.1 Å². The molecular weight excluding hydrogens is 246 g/mol. The lowest BCUT2D eigenvalue weighted by molar-refractivity contribution is -0.385. The van der Waals surface area contributed by atoms with Crippen LogP contribution in [0, 0.1) is 17.0 Å². The number of nitrogens with two attached hydrogens (primary N) is 1. The molecule has 1 unspecified atom stereocenters. The molecule has 1 amide bonds. The standard InChI is InChI=1S/C13H19N3O3/c1-3-4-11(8-14)15-13(17)10-6-5-9(2)12(7-10)16(18)19/h5-7,11H,3-4,8,14H2,1-2H3,(H,15,17). The number of nitrogens with one attached hydrogen (secondary N) is 1. The lowest BCUT2D eigenvalue weighted by Crippen LogP contribution is -2.40. The molecule has 0 saturated carbocycles. The fourth-order valence-electron chi connectivity index (χ4n) is 1.81. The maximum absolute atomic E-state index is 12.0. The van der Waals surface area contributed by atoms with Gasteiger partial charge in [0.2, 0.25) is 0 Å². The SMILES string of the molecule is CCCC(CN)NC(=O)c1ccc(C)c([N+](=O)[O-])c1. The zero-order valence-corrected chi connectivity index (χ0v) is 11.2. The van der Waals surface area contributed by atoms with E-state index in [2.05, 4.69) is 5.32 Å². The summed E-state index contributed by atoms with van der Waals surface area (Å²) in [5.41, 5.74) is 6.33. The second-order valence-electron chi connectivity index (χ2n) is 4.45. The van der Waals surface area contributed by atoms with Gasteiger partial charge in [-0.3, -0.25) is 14.9 Å². The highest BCUT2D eigenvalue weighted by atomic mass is 16.6. The van der Waals surface area contributed by atoms with Crippen LogP contribution in [0.5, 0.6) is 0 Å². The predicted octanol–water partition coefficient (Wildman–Crippen LogP) is 1.76. The van der Waals surface area contributed by atoms with E-state index >= 15 is 0 Å². The quantitative estimate of drug-likeness (QED) is 0.604. The van der Waals surface area contributed by atoms with Crippen LogP contribution in [0.25, 0.3) is 0 Å². The van der Waals surface area contributed by atoms with Gasteiger partial charge in [0.05, 0.1) is 4.92 Å². The van der Waals surface area contributed by atoms with Crippen LogP contribution in [-0.4, -0.2) is 23.4 Å². The number of benzene rings is 1. The second-order valence-corrected chi connectivity index (χ2v) is 4.45. The molecule has 1 rings (SSSR count). The third-order valence-electron chi connectivity index (χ3n) is 2.92. The number of hydrogen-bond donors (Lipinski definition) is 2. The number of rotatable bonds is 6. The van der Waals surface area contributed by atoms with E-state index in [-0.39, 0.29) is 23.2 Å². The van der Waals surface area contributed by atoms with Crippen LogP contribution in [0.1, 0.15) is 35.7 Å². The number of nitro groups is 1. The van der Waals surface area contributed by atoms with Crippen LogP contribution < -0.4 is 11.1 Å². The lowest BCUT2D eigenvalue weighted by atomic mass is 10.1. The Balaban J connectivity index is 2.88. The number of carbonyl (C=O) groups excluding carboxylic acids is 1. The first-order valence-corrected chi connectivity index (χ1v) is 6.25. The van der Waals surface area contributed by atoms with Crippen molar-refractivity contribution in [3.05, 3.63) is 39.4 Å². The van der Waals surface area contributed by atoms with Gasteiger partial charge in [0.15, 0.2) is 0 Å². The molecule has 0 aliphatic carbocycles. The molecule has 1 aromatic rings. The maximum atomic E-state index is 12.0. The Labute approximate surface area is 112 Å². The Morgan fingerprint density at radius 3 is 2.74 bits per heavy atom. The van der Waals surface area contributed by atoms with Crippen molar-refractivity contribution in [1.29, 1.82) is 0 Å². The highest BCUT2D eigenvalue weighted by Gasteiger charge is 2.16. The van der Waals surface area contributed by atoms with Crippen molar-refractivity contribution in [1.82, 2.24) is 5.32 Å². The third kappa shape index (κ3) is 4.03. The molecule has 19 heavy (non-hydrogen) atoms. The van der Waals surface area contributed by atoms with E-state index < -0.39 is 4.92 Å². The molecule has 0 aromatic heterocycles. The highest BCUT2D eigenvalue weighted by Crippen LogP contribution is 2.19. The van der Waals surface area contributed by atoms with Gasteiger partial charge in [0, 0.05) is 29.8 Å². The fraction of sp³-hybridized carbons (Fsp3) is 0.462. The summed E-state index contributed by atoms with van der Waals surface area (Å²) < 4.78 is 0. The molecule has 0 saturated heterocycles. The Morgan fingerprint density at radius 2 is 2.21 bits per heavy atom. The average Bonchev–Trinajstić information content (AvgIpc) is 2.38. The summed E-state index contributed by atoms with van der Waals surface area (Å²) in [7, 11) is 0. The minimum Gasteiger partial charge on any atom is -0.348 e. The zero-order valence-electron chi connectivity index (χ0n) is 11.2. The molecule has 0 bridgehead atoms. The Hall–Kier alpha value is -1.95. The molecule has 0 spiro atoms. The van der Waals surface area contributed by atoms with E-state index in [1.165, 1.54) is 6.07 Å². The number of nitrogens with zero attached hydrogens (tertiary/aromatic N) is 1. The van der Waals surface area contributed by atoms with Crippen LogP contribution in [-0.2, 0) is 0 Å². The molecular formula is C13H19N3O3. The van der Waals surface area contributed by atoms with Gasteiger partial charge >= 0.3 is 0 Å². The minimum absolute atomic E-state index is 0.0487. The fourth-order valence-corrected chi connectivity index (χ4v) is 1.81. The number of amides is 1. The normalized spacial score (nSPS) is 11.9. The van der Waals surface area contributed by atoms with Crippen LogP contribution in [0.3, 0.4) is 0 Å². The van der Waals surface area contributed by atoms with Gasteiger partial charge in [-0.25, -0.2) is 0 Å².